The summed E-state index contributed by atoms with van der Waals surface area (Å²) in [6.07, 6.45) is 1.62. The second-order valence-electron chi connectivity index (χ2n) is 5.08. The summed E-state index contributed by atoms with van der Waals surface area (Å²) in [5.74, 6) is 0.327. The van der Waals surface area contributed by atoms with Gasteiger partial charge in [0.25, 0.3) is 5.95 Å². The van der Waals surface area contributed by atoms with Crippen LogP contribution < -0.4 is 5.43 Å². The molecule has 0 saturated heterocycles. The summed E-state index contributed by atoms with van der Waals surface area (Å²) in [5, 5.41) is 13.4. The highest BCUT2D eigenvalue weighted by molar-refractivity contribution is 6.03. The summed E-state index contributed by atoms with van der Waals surface area (Å²) in [6, 6.07) is 13.6. The van der Waals surface area contributed by atoms with E-state index in [1.807, 2.05) is 49.4 Å². The number of rotatable bonds is 3. The lowest BCUT2D eigenvalue weighted by atomic mass is 10.2. The van der Waals surface area contributed by atoms with E-state index in [4.69, 9.17) is 0 Å². The number of H-pyrrole nitrogens is 1. The topological polar surface area (TPSA) is 91.7 Å². The maximum absolute atomic E-state index is 4.39. The van der Waals surface area contributed by atoms with E-state index < -0.39 is 0 Å². The van der Waals surface area contributed by atoms with Crippen LogP contribution in [-0.2, 0) is 0 Å². The number of para-hydroxylation sites is 1. The Bertz CT molecular complexity index is 1020. The van der Waals surface area contributed by atoms with Crippen molar-refractivity contribution in [3.8, 4) is 0 Å². The number of aromatic amines is 1. The molecule has 0 aliphatic heterocycles. The number of hydrogen-bond donors (Lipinski definition) is 2. The van der Waals surface area contributed by atoms with Gasteiger partial charge in [-0.05, 0) is 25.1 Å². The van der Waals surface area contributed by atoms with Crippen molar-refractivity contribution in [1.82, 2.24) is 25.1 Å². The summed E-state index contributed by atoms with van der Waals surface area (Å²) in [4.78, 5) is 11.9. The molecule has 112 valence electrons. The van der Waals surface area contributed by atoms with Gasteiger partial charge in [-0.15, -0.1) is 10.2 Å². The second-order valence-corrected chi connectivity index (χ2v) is 5.08. The molecule has 0 aliphatic carbocycles. The first-order valence-electron chi connectivity index (χ1n) is 7.13. The zero-order chi connectivity index (χ0) is 15.6. The highest BCUT2D eigenvalue weighted by Crippen LogP contribution is 2.21. The minimum absolute atomic E-state index is 0.327. The van der Waals surface area contributed by atoms with E-state index in [0.717, 1.165) is 27.8 Å². The molecule has 0 spiro atoms. The van der Waals surface area contributed by atoms with Crippen LogP contribution in [0.4, 0.5) is 5.95 Å². The summed E-state index contributed by atoms with van der Waals surface area (Å²) in [5.41, 5.74) is 6.87. The third kappa shape index (κ3) is 2.59. The standard InChI is InChI=1S/C16H13N7/c1-10-5-4-6-11(18-10)9-17-22-16-20-15-14(21-23-16)12-7-2-3-8-13(12)19-15/h2-9H,1H3,(H2,19,20,22,23)/b17-9-. The van der Waals surface area contributed by atoms with E-state index in [9.17, 15) is 0 Å². The van der Waals surface area contributed by atoms with Crippen LogP contribution >= 0.6 is 0 Å². The number of nitrogens with zero attached hydrogens (tertiary/aromatic N) is 5. The number of pyridine rings is 1. The first-order chi connectivity index (χ1) is 11.3. The van der Waals surface area contributed by atoms with Crippen molar-refractivity contribution in [2.75, 3.05) is 5.43 Å². The predicted octanol–water partition coefficient (Wildman–Crippen LogP) is 2.66. The molecule has 4 rings (SSSR count). The Labute approximate surface area is 131 Å². The number of aromatic nitrogens is 5. The van der Waals surface area contributed by atoms with Crippen LogP contribution in [0, 0.1) is 6.92 Å². The van der Waals surface area contributed by atoms with Gasteiger partial charge in [-0.25, -0.2) is 5.43 Å². The molecule has 0 unspecified atom stereocenters. The molecule has 0 saturated carbocycles. The highest BCUT2D eigenvalue weighted by atomic mass is 15.4. The molecule has 7 heteroatoms. The summed E-state index contributed by atoms with van der Waals surface area (Å²) in [7, 11) is 0. The largest absolute Gasteiger partial charge is 0.338 e. The Morgan fingerprint density at radius 3 is 2.87 bits per heavy atom. The fraction of sp³-hybridized carbons (Fsp3) is 0.0625. The number of aryl methyl sites for hydroxylation is 1. The highest BCUT2D eigenvalue weighted by Gasteiger charge is 2.07. The van der Waals surface area contributed by atoms with Crippen LogP contribution in [0.5, 0.6) is 0 Å². The van der Waals surface area contributed by atoms with Gasteiger partial charge in [0.05, 0.1) is 11.9 Å². The average Bonchev–Trinajstić information content (AvgIpc) is 2.92. The summed E-state index contributed by atoms with van der Waals surface area (Å²) in [6.45, 7) is 1.93. The van der Waals surface area contributed by atoms with Crippen LogP contribution in [0.25, 0.3) is 22.1 Å². The summed E-state index contributed by atoms with van der Waals surface area (Å²) >= 11 is 0. The van der Waals surface area contributed by atoms with Crippen LogP contribution in [-0.4, -0.2) is 31.4 Å². The van der Waals surface area contributed by atoms with Crippen LogP contribution in [0.2, 0.25) is 0 Å². The minimum Gasteiger partial charge on any atom is -0.338 e. The van der Waals surface area contributed by atoms with Gasteiger partial charge in [0.15, 0.2) is 5.65 Å². The Hall–Kier alpha value is -3.35. The van der Waals surface area contributed by atoms with Gasteiger partial charge in [-0.3, -0.25) is 4.98 Å². The third-order valence-electron chi connectivity index (χ3n) is 3.39. The lowest BCUT2D eigenvalue weighted by molar-refractivity contribution is 1.01. The van der Waals surface area contributed by atoms with Crippen molar-refractivity contribution in [3.63, 3.8) is 0 Å². The van der Waals surface area contributed by atoms with Gasteiger partial charge < -0.3 is 4.98 Å². The second kappa shape index (κ2) is 5.45. The normalized spacial score (nSPS) is 11.5. The number of anilines is 1. The monoisotopic (exact) mass is 303 g/mol. The molecule has 0 fully saturated rings. The number of hydrogen-bond acceptors (Lipinski definition) is 6. The Morgan fingerprint density at radius 1 is 1.04 bits per heavy atom. The number of nitrogens with one attached hydrogen (secondary N) is 2. The molecule has 0 atom stereocenters. The maximum atomic E-state index is 4.39. The van der Waals surface area contributed by atoms with E-state index in [2.05, 4.69) is 35.7 Å². The molecule has 2 N–H and O–H groups in total. The predicted molar refractivity (Wildman–Crippen MR) is 89.4 cm³/mol. The fourth-order valence-electron chi connectivity index (χ4n) is 2.36. The molecule has 0 bridgehead atoms. The van der Waals surface area contributed by atoms with Crippen molar-refractivity contribution in [3.05, 3.63) is 53.9 Å². The molecule has 3 heterocycles. The van der Waals surface area contributed by atoms with Crippen molar-refractivity contribution < 1.29 is 0 Å². The van der Waals surface area contributed by atoms with Crippen molar-refractivity contribution in [1.29, 1.82) is 0 Å². The number of fused-ring (bicyclic) bond motifs is 3. The van der Waals surface area contributed by atoms with E-state index >= 15 is 0 Å². The molecule has 23 heavy (non-hydrogen) atoms. The first-order valence-corrected chi connectivity index (χ1v) is 7.13. The zero-order valence-corrected chi connectivity index (χ0v) is 12.4. The maximum Gasteiger partial charge on any atom is 0.265 e. The Morgan fingerprint density at radius 2 is 1.96 bits per heavy atom. The average molecular weight is 303 g/mol. The molecule has 0 aliphatic rings. The molecule has 4 aromatic rings. The fourth-order valence-corrected chi connectivity index (χ4v) is 2.36. The zero-order valence-electron chi connectivity index (χ0n) is 12.4. The van der Waals surface area contributed by atoms with Gasteiger partial charge in [0.1, 0.15) is 5.52 Å². The van der Waals surface area contributed by atoms with E-state index in [0.29, 0.717) is 11.6 Å². The lowest BCUT2D eigenvalue weighted by Gasteiger charge is -1.97. The Kier molecular flexibility index (Phi) is 3.16. The quantitative estimate of drug-likeness (QED) is 0.448. The first kappa shape index (κ1) is 13.3. The van der Waals surface area contributed by atoms with Crippen molar-refractivity contribution >= 4 is 34.2 Å². The smallest absolute Gasteiger partial charge is 0.265 e. The molecular weight excluding hydrogens is 290 g/mol. The lowest BCUT2D eigenvalue weighted by Crippen LogP contribution is -1.99. The molecular formula is C16H13N7. The van der Waals surface area contributed by atoms with E-state index in [1.54, 1.807) is 6.21 Å². The Balaban J connectivity index is 1.61. The van der Waals surface area contributed by atoms with E-state index in [1.165, 1.54) is 0 Å². The van der Waals surface area contributed by atoms with Crippen LogP contribution in [0.1, 0.15) is 11.4 Å². The molecule has 0 amide bonds. The van der Waals surface area contributed by atoms with Gasteiger partial charge in [-0.1, -0.05) is 24.3 Å². The number of benzene rings is 1. The third-order valence-corrected chi connectivity index (χ3v) is 3.39. The van der Waals surface area contributed by atoms with Crippen molar-refractivity contribution in [2.24, 2.45) is 5.10 Å². The van der Waals surface area contributed by atoms with Gasteiger partial charge in [0.2, 0.25) is 0 Å². The SMILES string of the molecule is Cc1cccc(/C=N\Nc2nnc3c(n2)[nH]c2ccccc23)n1. The van der Waals surface area contributed by atoms with Gasteiger partial charge in [0, 0.05) is 16.6 Å². The van der Waals surface area contributed by atoms with Crippen LogP contribution in [0.3, 0.4) is 0 Å². The van der Waals surface area contributed by atoms with E-state index in [-0.39, 0.29) is 0 Å². The molecule has 7 nitrogen and oxygen atoms in total. The van der Waals surface area contributed by atoms with Crippen LogP contribution in [0.15, 0.2) is 47.6 Å². The molecule has 3 aromatic heterocycles. The van der Waals surface area contributed by atoms with Gasteiger partial charge in [-0.2, -0.15) is 10.1 Å². The number of hydrazone groups is 1. The molecule has 1 aromatic carbocycles. The minimum atomic E-state index is 0.327. The molecule has 0 radical (unpaired) electrons. The summed E-state index contributed by atoms with van der Waals surface area (Å²) < 4.78 is 0. The van der Waals surface area contributed by atoms with Crippen molar-refractivity contribution in [2.45, 2.75) is 6.92 Å². The van der Waals surface area contributed by atoms with Gasteiger partial charge >= 0.3 is 0 Å².